The summed E-state index contributed by atoms with van der Waals surface area (Å²) in [6.45, 7) is 3.87. The zero-order valence-corrected chi connectivity index (χ0v) is 14.1. The first-order valence-corrected chi connectivity index (χ1v) is 7.89. The van der Waals surface area contributed by atoms with Gasteiger partial charge in [-0.05, 0) is 37.1 Å². The van der Waals surface area contributed by atoms with Gasteiger partial charge in [-0.2, -0.15) is 5.10 Å². The minimum Gasteiger partial charge on any atom is -0.267 e. The van der Waals surface area contributed by atoms with Crippen LogP contribution in [-0.4, -0.2) is 17.1 Å². The zero-order chi connectivity index (χ0) is 17.1. The van der Waals surface area contributed by atoms with Gasteiger partial charge in [0.25, 0.3) is 5.91 Å². The fraction of sp³-hybridized carbons (Fsp3) is 0.105. The Balaban J connectivity index is 1.82. The van der Waals surface area contributed by atoms with Gasteiger partial charge in [-0.3, -0.25) is 4.79 Å². The summed E-state index contributed by atoms with van der Waals surface area (Å²) >= 11 is 6.22. The van der Waals surface area contributed by atoms with Crippen LogP contribution in [-0.2, 0) is 0 Å². The van der Waals surface area contributed by atoms with Crippen LogP contribution in [0.3, 0.4) is 0 Å². The molecule has 0 fully saturated rings. The summed E-state index contributed by atoms with van der Waals surface area (Å²) < 4.78 is 0. The third-order valence-electron chi connectivity index (χ3n) is 3.79. The average molecular weight is 338 g/mol. The van der Waals surface area contributed by atoms with E-state index in [1.54, 1.807) is 6.07 Å². The number of hydrogen-bond acceptors (Lipinski definition) is 3. The molecule has 0 unspecified atom stereocenters. The molecule has 1 heterocycles. The molecule has 2 aromatic carbocycles. The number of nitrogens with zero attached hydrogens (tertiary/aromatic N) is 2. The molecule has 0 radical (unpaired) electrons. The minimum atomic E-state index is -0.259. The van der Waals surface area contributed by atoms with Gasteiger partial charge in [0.2, 0.25) is 0 Å². The number of carbonyl (C=O) groups is 1. The van der Waals surface area contributed by atoms with E-state index in [0.717, 1.165) is 22.0 Å². The van der Waals surface area contributed by atoms with Crippen LogP contribution in [0, 0.1) is 13.8 Å². The Morgan fingerprint density at radius 3 is 2.67 bits per heavy atom. The van der Waals surface area contributed by atoms with Gasteiger partial charge in [-0.25, -0.2) is 10.4 Å². The van der Waals surface area contributed by atoms with Crippen LogP contribution in [0.25, 0.3) is 10.9 Å². The molecule has 1 N–H and O–H groups in total. The molecular weight excluding hydrogens is 322 g/mol. The van der Waals surface area contributed by atoms with E-state index in [2.05, 4.69) is 15.5 Å². The predicted octanol–water partition coefficient (Wildman–Crippen LogP) is 4.27. The van der Waals surface area contributed by atoms with Crippen LogP contribution < -0.4 is 5.43 Å². The largest absolute Gasteiger partial charge is 0.271 e. The number of pyridine rings is 1. The first-order chi connectivity index (χ1) is 11.6. The number of aryl methyl sites for hydroxylation is 2. The number of hydrogen-bond donors (Lipinski definition) is 1. The summed E-state index contributed by atoms with van der Waals surface area (Å²) in [6.07, 6.45) is 1.51. The number of carbonyl (C=O) groups excluding carboxylic acids is 1. The van der Waals surface area contributed by atoms with Gasteiger partial charge in [0.1, 0.15) is 5.15 Å². The standard InChI is InChI=1S/C19H16ClN3O/c1-12-6-3-4-9-16(12)19(24)23-21-11-15-10-14-8-5-7-13(2)17(14)22-18(15)20/h3-11H,1-2H3,(H,23,24)/b21-11-. The van der Waals surface area contributed by atoms with Crippen molar-refractivity contribution in [2.45, 2.75) is 13.8 Å². The molecule has 0 saturated carbocycles. The number of benzene rings is 2. The summed E-state index contributed by atoms with van der Waals surface area (Å²) in [4.78, 5) is 16.5. The first kappa shape index (κ1) is 16.1. The van der Waals surface area contributed by atoms with E-state index >= 15 is 0 Å². The molecule has 1 amide bonds. The van der Waals surface area contributed by atoms with Crippen LogP contribution in [0.4, 0.5) is 0 Å². The summed E-state index contributed by atoms with van der Waals surface area (Å²) in [6, 6.07) is 15.2. The zero-order valence-electron chi connectivity index (χ0n) is 13.4. The normalized spacial score (nSPS) is 11.1. The molecule has 4 nitrogen and oxygen atoms in total. The lowest BCUT2D eigenvalue weighted by atomic mass is 10.1. The van der Waals surface area contributed by atoms with Gasteiger partial charge in [0.05, 0.1) is 11.7 Å². The maximum atomic E-state index is 12.1. The Kier molecular flexibility index (Phi) is 4.58. The Bertz CT molecular complexity index is 950. The molecule has 0 saturated heterocycles. The predicted molar refractivity (Wildman–Crippen MR) is 97.7 cm³/mol. The van der Waals surface area contributed by atoms with Gasteiger partial charge in [0, 0.05) is 16.5 Å². The fourth-order valence-electron chi connectivity index (χ4n) is 2.48. The van der Waals surface area contributed by atoms with Crippen molar-refractivity contribution in [2.24, 2.45) is 5.10 Å². The lowest BCUT2D eigenvalue weighted by Gasteiger charge is -2.05. The average Bonchev–Trinajstić information content (AvgIpc) is 2.56. The lowest BCUT2D eigenvalue weighted by Crippen LogP contribution is -2.18. The molecular formula is C19H16ClN3O. The molecule has 120 valence electrons. The Morgan fingerprint density at radius 2 is 1.88 bits per heavy atom. The van der Waals surface area contributed by atoms with Crippen molar-refractivity contribution in [2.75, 3.05) is 0 Å². The number of fused-ring (bicyclic) bond motifs is 1. The summed E-state index contributed by atoms with van der Waals surface area (Å²) in [7, 11) is 0. The highest BCUT2D eigenvalue weighted by atomic mass is 35.5. The molecule has 0 aliphatic rings. The van der Waals surface area contributed by atoms with Crippen molar-refractivity contribution in [3.63, 3.8) is 0 Å². The highest BCUT2D eigenvalue weighted by Gasteiger charge is 2.07. The number of halogens is 1. The summed E-state index contributed by atoms with van der Waals surface area (Å²) in [5.74, 6) is -0.259. The second-order valence-electron chi connectivity index (χ2n) is 5.53. The van der Waals surface area contributed by atoms with E-state index in [1.165, 1.54) is 6.21 Å². The first-order valence-electron chi connectivity index (χ1n) is 7.51. The number of nitrogens with one attached hydrogen (secondary N) is 1. The maximum Gasteiger partial charge on any atom is 0.271 e. The van der Waals surface area contributed by atoms with Crippen molar-refractivity contribution in [1.82, 2.24) is 10.4 Å². The van der Waals surface area contributed by atoms with Crippen molar-refractivity contribution in [3.05, 3.63) is 75.9 Å². The number of hydrazone groups is 1. The van der Waals surface area contributed by atoms with Crippen LogP contribution in [0.5, 0.6) is 0 Å². The molecule has 0 bridgehead atoms. The SMILES string of the molecule is Cc1ccccc1C(=O)N/N=C\c1cc2cccc(C)c2nc1Cl. The molecule has 3 aromatic rings. The molecule has 0 aliphatic carbocycles. The molecule has 1 aromatic heterocycles. The summed E-state index contributed by atoms with van der Waals surface area (Å²) in [5.41, 5.74) is 6.58. The Hall–Kier alpha value is -2.72. The van der Waals surface area contributed by atoms with E-state index in [4.69, 9.17) is 11.6 Å². The fourth-order valence-corrected chi connectivity index (χ4v) is 2.67. The van der Waals surface area contributed by atoms with Crippen LogP contribution in [0.15, 0.2) is 53.6 Å². The maximum absolute atomic E-state index is 12.1. The molecule has 5 heteroatoms. The molecule has 0 aliphatic heterocycles. The third-order valence-corrected chi connectivity index (χ3v) is 4.09. The minimum absolute atomic E-state index is 0.259. The highest BCUT2D eigenvalue weighted by Crippen LogP contribution is 2.21. The number of rotatable bonds is 3. The quantitative estimate of drug-likeness (QED) is 0.441. The van der Waals surface area contributed by atoms with E-state index in [9.17, 15) is 4.79 Å². The van der Waals surface area contributed by atoms with Gasteiger partial charge in [0.15, 0.2) is 0 Å². The Morgan fingerprint density at radius 1 is 1.12 bits per heavy atom. The second-order valence-corrected chi connectivity index (χ2v) is 5.89. The smallest absolute Gasteiger partial charge is 0.267 e. The van der Waals surface area contributed by atoms with Gasteiger partial charge < -0.3 is 0 Å². The van der Waals surface area contributed by atoms with Crippen LogP contribution in [0.2, 0.25) is 5.15 Å². The molecule has 0 spiro atoms. The summed E-state index contributed by atoms with van der Waals surface area (Å²) in [5, 5.41) is 5.33. The van der Waals surface area contributed by atoms with Crippen molar-refractivity contribution in [1.29, 1.82) is 0 Å². The Labute approximate surface area is 145 Å². The molecule has 0 atom stereocenters. The molecule has 3 rings (SSSR count). The number of aromatic nitrogens is 1. The highest BCUT2D eigenvalue weighted by molar-refractivity contribution is 6.32. The second kappa shape index (κ2) is 6.81. The van der Waals surface area contributed by atoms with Gasteiger partial charge in [-0.1, -0.05) is 48.0 Å². The van der Waals surface area contributed by atoms with Crippen molar-refractivity contribution in [3.8, 4) is 0 Å². The van der Waals surface area contributed by atoms with Crippen molar-refractivity contribution >= 4 is 34.6 Å². The topological polar surface area (TPSA) is 54.4 Å². The molecule has 24 heavy (non-hydrogen) atoms. The van der Waals surface area contributed by atoms with E-state index in [-0.39, 0.29) is 5.91 Å². The van der Waals surface area contributed by atoms with Crippen molar-refractivity contribution < 1.29 is 4.79 Å². The van der Waals surface area contributed by atoms with E-state index in [1.807, 2.05) is 56.3 Å². The van der Waals surface area contributed by atoms with Crippen LogP contribution in [0.1, 0.15) is 27.0 Å². The third kappa shape index (κ3) is 3.29. The number of amides is 1. The van der Waals surface area contributed by atoms with E-state index < -0.39 is 0 Å². The monoisotopic (exact) mass is 337 g/mol. The lowest BCUT2D eigenvalue weighted by molar-refractivity contribution is 0.0954. The van der Waals surface area contributed by atoms with Crippen LogP contribution >= 0.6 is 11.6 Å². The number of para-hydroxylation sites is 1. The van der Waals surface area contributed by atoms with E-state index in [0.29, 0.717) is 16.3 Å². The van der Waals surface area contributed by atoms with Gasteiger partial charge in [-0.15, -0.1) is 0 Å². The van der Waals surface area contributed by atoms with Gasteiger partial charge >= 0.3 is 0 Å².